The summed E-state index contributed by atoms with van der Waals surface area (Å²) in [6.07, 6.45) is 4.29. The monoisotopic (exact) mass is 258 g/mol. The van der Waals surface area contributed by atoms with Gasteiger partial charge in [-0.05, 0) is 49.4 Å². The predicted molar refractivity (Wildman–Crippen MR) is 75.5 cm³/mol. The number of rotatable bonds is 3. The number of fused-ring (bicyclic) bond motifs is 1. The molecule has 1 saturated heterocycles. The molecule has 1 N–H and O–H groups in total. The topological polar surface area (TPSA) is 32.3 Å². The molecule has 0 radical (unpaired) electrons. The second kappa shape index (κ2) is 5.74. The highest BCUT2D eigenvalue weighted by Gasteiger charge is 2.23. The van der Waals surface area contributed by atoms with Crippen LogP contribution in [0.5, 0.6) is 0 Å². The van der Waals surface area contributed by atoms with Gasteiger partial charge in [-0.3, -0.25) is 4.79 Å². The molecule has 2 aliphatic rings. The molecule has 1 amide bonds. The van der Waals surface area contributed by atoms with Gasteiger partial charge in [0.2, 0.25) is 5.91 Å². The molecule has 3 rings (SSSR count). The highest BCUT2D eigenvalue weighted by atomic mass is 16.2. The zero-order valence-corrected chi connectivity index (χ0v) is 11.4. The van der Waals surface area contributed by atoms with Gasteiger partial charge in [0.1, 0.15) is 0 Å². The van der Waals surface area contributed by atoms with Crippen molar-refractivity contribution in [3.8, 4) is 0 Å². The van der Waals surface area contributed by atoms with Crippen LogP contribution in [0.2, 0.25) is 0 Å². The van der Waals surface area contributed by atoms with E-state index in [9.17, 15) is 4.79 Å². The smallest absolute Gasteiger partial charge is 0.223 e. The average Bonchev–Trinajstić information content (AvgIpc) is 2.90. The lowest BCUT2D eigenvalue weighted by molar-refractivity contribution is -0.132. The van der Waals surface area contributed by atoms with Crippen molar-refractivity contribution in [1.29, 1.82) is 0 Å². The van der Waals surface area contributed by atoms with Gasteiger partial charge >= 0.3 is 0 Å². The van der Waals surface area contributed by atoms with Crippen molar-refractivity contribution in [1.82, 2.24) is 10.2 Å². The lowest BCUT2D eigenvalue weighted by Gasteiger charge is -2.23. The number of hydrogen-bond acceptors (Lipinski definition) is 2. The summed E-state index contributed by atoms with van der Waals surface area (Å²) in [6.45, 7) is 3.84. The van der Waals surface area contributed by atoms with E-state index in [-0.39, 0.29) is 0 Å². The van der Waals surface area contributed by atoms with Gasteiger partial charge in [0.05, 0.1) is 0 Å². The third-order valence-electron chi connectivity index (χ3n) is 4.36. The summed E-state index contributed by atoms with van der Waals surface area (Å²) < 4.78 is 0. The minimum absolute atomic E-state index is 0.321. The molecule has 3 nitrogen and oxygen atoms in total. The van der Waals surface area contributed by atoms with Crippen LogP contribution in [-0.2, 0) is 17.9 Å². The van der Waals surface area contributed by atoms with E-state index >= 15 is 0 Å². The van der Waals surface area contributed by atoms with Crippen LogP contribution in [0.25, 0.3) is 0 Å². The van der Waals surface area contributed by atoms with Crippen LogP contribution in [0.4, 0.5) is 0 Å². The molecule has 19 heavy (non-hydrogen) atoms. The summed E-state index contributed by atoms with van der Waals surface area (Å²) in [5, 5.41) is 3.42. The second-order valence-corrected chi connectivity index (χ2v) is 5.77. The summed E-state index contributed by atoms with van der Waals surface area (Å²) in [7, 11) is 0. The Morgan fingerprint density at radius 1 is 1.26 bits per heavy atom. The lowest BCUT2D eigenvalue weighted by atomic mass is 9.94. The van der Waals surface area contributed by atoms with Crippen molar-refractivity contribution < 1.29 is 4.79 Å². The van der Waals surface area contributed by atoms with Gasteiger partial charge in [0.15, 0.2) is 0 Å². The summed E-state index contributed by atoms with van der Waals surface area (Å²) in [5.74, 6) is 1.02. The molecule has 1 unspecified atom stereocenters. The van der Waals surface area contributed by atoms with Crippen molar-refractivity contribution in [3.05, 3.63) is 35.4 Å². The van der Waals surface area contributed by atoms with Crippen LogP contribution in [0.15, 0.2) is 24.3 Å². The first-order chi connectivity index (χ1) is 9.33. The fraction of sp³-hybridized carbons (Fsp3) is 0.562. The van der Waals surface area contributed by atoms with Crippen LogP contribution in [0, 0.1) is 5.92 Å². The van der Waals surface area contributed by atoms with Crippen LogP contribution >= 0.6 is 0 Å². The molecule has 0 aromatic heterocycles. The van der Waals surface area contributed by atoms with E-state index in [0.717, 1.165) is 32.6 Å². The molecule has 1 atom stereocenters. The van der Waals surface area contributed by atoms with Crippen molar-refractivity contribution in [2.75, 3.05) is 13.1 Å². The Morgan fingerprint density at radius 3 is 2.63 bits per heavy atom. The van der Waals surface area contributed by atoms with E-state index in [4.69, 9.17) is 0 Å². The third kappa shape index (κ3) is 2.98. The average molecular weight is 258 g/mol. The number of hydrogen-bond donors (Lipinski definition) is 1. The number of piperidine rings is 1. The maximum Gasteiger partial charge on any atom is 0.223 e. The standard InChI is InChI=1S/C16H22N2O/c19-16(8-7-13-4-3-9-17-10-13)18-11-14-5-1-2-6-15(14)12-18/h1-2,5-6,13,17H,3-4,7-12H2. The first-order valence-electron chi connectivity index (χ1n) is 7.38. The minimum atomic E-state index is 0.321. The Bertz CT molecular complexity index is 427. The zero-order valence-electron chi connectivity index (χ0n) is 11.4. The van der Waals surface area contributed by atoms with E-state index in [1.54, 1.807) is 0 Å². The van der Waals surface area contributed by atoms with E-state index < -0.39 is 0 Å². The number of nitrogens with zero attached hydrogens (tertiary/aromatic N) is 1. The van der Waals surface area contributed by atoms with E-state index in [1.165, 1.54) is 24.0 Å². The summed E-state index contributed by atoms with van der Waals surface area (Å²) >= 11 is 0. The second-order valence-electron chi connectivity index (χ2n) is 5.77. The number of amides is 1. The quantitative estimate of drug-likeness (QED) is 0.902. The third-order valence-corrected chi connectivity index (χ3v) is 4.36. The van der Waals surface area contributed by atoms with E-state index in [1.807, 2.05) is 4.90 Å². The Hall–Kier alpha value is -1.35. The van der Waals surface area contributed by atoms with Gasteiger partial charge < -0.3 is 10.2 Å². The number of nitrogens with one attached hydrogen (secondary N) is 1. The van der Waals surface area contributed by atoms with Gasteiger partial charge in [-0.2, -0.15) is 0 Å². The van der Waals surface area contributed by atoms with Gasteiger partial charge in [-0.25, -0.2) is 0 Å². The molecule has 1 aromatic rings. The zero-order chi connectivity index (χ0) is 13.1. The molecule has 2 heterocycles. The molecule has 102 valence electrons. The van der Waals surface area contributed by atoms with Crippen molar-refractivity contribution in [2.45, 2.75) is 38.8 Å². The van der Waals surface area contributed by atoms with Gasteiger partial charge in [0, 0.05) is 19.5 Å². The Kier molecular flexibility index (Phi) is 3.83. The van der Waals surface area contributed by atoms with Crippen molar-refractivity contribution in [2.24, 2.45) is 5.92 Å². The number of carbonyl (C=O) groups excluding carboxylic acids is 1. The molecule has 2 aliphatic heterocycles. The van der Waals surface area contributed by atoms with E-state index in [2.05, 4.69) is 29.6 Å². The summed E-state index contributed by atoms with van der Waals surface area (Å²) in [4.78, 5) is 14.3. The molecule has 1 fully saturated rings. The highest BCUT2D eigenvalue weighted by Crippen LogP contribution is 2.24. The minimum Gasteiger partial charge on any atom is -0.334 e. The van der Waals surface area contributed by atoms with Crippen LogP contribution in [0.3, 0.4) is 0 Å². The molecular weight excluding hydrogens is 236 g/mol. The fourth-order valence-electron chi connectivity index (χ4n) is 3.17. The van der Waals surface area contributed by atoms with Gasteiger partial charge in [0.25, 0.3) is 0 Å². The molecule has 0 aliphatic carbocycles. The molecule has 0 saturated carbocycles. The maximum atomic E-state index is 12.3. The summed E-state index contributed by atoms with van der Waals surface area (Å²) in [6, 6.07) is 8.38. The van der Waals surface area contributed by atoms with Crippen LogP contribution in [-0.4, -0.2) is 23.9 Å². The lowest BCUT2D eigenvalue weighted by Crippen LogP contribution is -2.31. The maximum absolute atomic E-state index is 12.3. The van der Waals surface area contributed by atoms with Crippen LogP contribution in [0.1, 0.15) is 36.8 Å². The van der Waals surface area contributed by atoms with Crippen molar-refractivity contribution >= 4 is 5.91 Å². The molecule has 0 spiro atoms. The normalized spacial score (nSPS) is 22.3. The first-order valence-corrected chi connectivity index (χ1v) is 7.38. The Labute approximate surface area is 115 Å². The number of benzene rings is 1. The van der Waals surface area contributed by atoms with E-state index in [0.29, 0.717) is 18.2 Å². The highest BCUT2D eigenvalue weighted by molar-refractivity contribution is 5.77. The van der Waals surface area contributed by atoms with Gasteiger partial charge in [-0.15, -0.1) is 0 Å². The Balaban J connectivity index is 1.49. The van der Waals surface area contributed by atoms with Crippen molar-refractivity contribution in [3.63, 3.8) is 0 Å². The SMILES string of the molecule is O=C(CCC1CCCNC1)N1Cc2ccccc2C1. The predicted octanol–water partition coefficient (Wildman–Crippen LogP) is 2.31. The Morgan fingerprint density at radius 2 is 2.00 bits per heavy atom. The molecule has 1 aromatic carbocycles. The first kappa shape index (κ1) is 12.7. The molecule has 0 bridgehead atoms. The molecular formula is C16H22N2O. The van der Waals surface area contributed by atoms with Crippen LogP contribution < -0.4 is 5.32 Å². The summed E-state index contributed by atoms with van der Waals surface area (Å²) in [5.41, 5.74) is 2.63. The number of carbonyl (C=O) groups is 1. The fourth-order valence-corrected chi connectivity index (χ4v) is 3.17. The van der Waals surface area contributed by atoms with Gasteiger partial charge in [-0.1, -0.05) is 24.3 Å². The largest absolute Gasteiger partial charge is 0.334 e. The molecule has 3 heteroatoms.